The maximum absolute atomic E-state index is 12.7. The van der Waals surface area contributed by atoms with Gasteiger partial charge in [0.2, 0.25) is 5.91 Å². The summed E-state index contributed by atoms with van der Waals surface area (Å²) in [4.78, 5) is 11.3. The van der Waals surface area contributed by atoms with Crippen LogP contribution in [0.5, 0.6) is 0 Å². The topological polar surface area (TPSA) is 55.1 Å². The maximum atomic E-state index is 12.7. The Morgan fingerprint density at radius 1 is 1.64 bits per heavy atom. The van der Waals surface area contributed by atoms with Crippen LogP contribution in [-0.2, 0) is 4.79 Å². The second kappa shape index (κ2) is 4.72. The van der Waals surface area contributed by atoms with Gasteiger partial charge in [0, 0.05) is 5.69 Å². The molecule has 0 aliphatic heterocycles. The fourth-order valence-electron chi connectivity index (χ4n) is 0.987. The van der Waals surface area contributed by atoms with Gasteiger partial charge in [-0.3, -0.25) is 4.79 Å². The number of nitrogens with two attached hydrogens (primary N) is 1. The molecule has 1 atom stereocenters. The quantitative estimate of drug-likeness (QED) is 0.769. The third-order valence-electron chi connectivity index (χ3n) is 1.87. The van der Waals surface area contributed by atoms with Gasteiger partial charge in [-0.25, -0.2) is 4.39 Å². The van der Waals surface area contributed by atoms with Crippen LogP contribution in [-0.4, -0.2) is 11.9 Å². The van der Waals surface area contributed by atoms with Crippen LogP contribution >= 0.6 is 0 Å². The summed E-state index contributed by atoms with van der Waals surface area (Å²) in [6.45, 7) is 1.82. The van der Waals surface area contributed by atoms with Gasteiger partial charge >= 0.3 is 0 Å². The SMILES string of the molecule is CC[C@@H](N)C(=O)Nc1cccc(F)c1. The van der Waals surface area contributed by atoms with Gasteiger partial charge in [-0.1, -0.05) is 13.0 Å². The zero-order valence-corrected chi connectivity index (χ0v) is 7.96. The molecular weight excluding hydrogens is 183 g/mol. The predicted octanol–water partition coefficient (Wildman–Crippen LogP) is 1.50. The Kier molecular flexibility index (Phi) is 3.59. The average molecular weight is 196 g/mol. The van der Waals surface area contributed by atoms with Crippen molar-refractivity contribution in [3.05, 3.63) is 30.1 Å². The van der Waals surface area contributed by atoms with Crippen LogP contribution in [0.3, 0.4) is 0 Å². The molecule has 76 valence electrons. The zero-order valence-electron chi connectivity index (χ0n) is 7.96. The molecule has 1 aromatic carbocycles. The van der Waals surface area contributed by atoms with Crippen molar-refractivity contribution < 1.29 is 9.18 Å². The summed E-state index contributed by atoms with van der Waals surface area (Å²) in [7, 11) is 0. The van der Waals surface area contributed by atoms with Gasteiger partial charge in [-0.2, -0.15) is 0 Å². The number of benzene rings is 1. The first-order valence-corrected chi connectivity index (χ1v) is 4.45. The van der Waals surface area contributed by atoms with E-state index < -0.39 is 6.04 Å². The smallest absolute Gasteiger partial charge is 0.241 e. The molecule has 0 saturated heterocycles. The number of carbonyl (C=O) groups excluding carboxylic acids is 1. The molecular formula is C10H13FN2O. The molecule has 3 N–H and O–H groups in total. The van der Waals surface area contributed by atoms with Crippen LogP contribution in [0.4, 0.5) is 10.1 Å². The molecule has 1 amide bonds. The summed E-state index contributed by atoms with van der Waals surface area (Å²) in [5.41, 5.74) is 5.93. The molecule has 0 unspecified atom stereocenters. The molecule has 0 bridgehead atoms. The highest BCUT2D eigenvalue weighted by atomic mass is 19.1. The van der Waals surface area contributed by atoms with E-state index in [1.807, 2.05) is 6.92 Å². The molecule has 0 spiro atoms. The minimum Gasteiger partial charge on any atom is -0.325 e. The van der Waals surface area contributed by atoms with Crippen LogP contribution in [0.15, 0.2) is 24.3 Å². The van der Waals surface area contributed by atoms with E-state index in [1.54, 1.807) is 6.07 Å². The molecule has 4 heteroatoms. The van der Waals surface area contributed by atoms with E-state index in [4.69, 9.17) is 5.73 Å². The largest absolute Gasteiger partial charge is 0.325 e. The van der Waals surface area contributed by atoms with Gasteiger partial charge in [-0.15, -0.1) is 0 Å². The lowest BCUT2D eigenvalue weighted by molar-refractivity contribution is -0.117. The number of hydrogen-bond acceptors (Lipinski definition) is 2. The van der Waals surface area contributed by atoms with Crippen molar-refractivity contribution in [1.29, 1.82) is 0 Å². The molecule has 1 rings (SSSR count). The van der Waals surface area contributed by atoms with Crippen LogP contribution in [0.2, 0.25) is 0 Å². The Bertz CT molecular complexity index is 328. The third kappa shape index (κ3) is 2.81. The van der Waals surface area contributed by atoms with E-state index in [1.165, 1.54) is 18.2 Å². The molecule has 0 saturated carbocycles. The zero-order chi connectivity index (χ0) is 10.6. The van der Waals surface area contributed by atoms with Crippen LogP contribution in [0, 0.1) is 5.82 Å². The van der Waals surface area contributed by atoms with Gasteiger partial charge in [-0.05, 0) is 24.6 Å². The lowest BCUT2D eigenvalue weighted by Crippen LogP contribution is -2.34. The summed E-state index contributed by atoms with van der Waals surface area (Å²) in [6.07, 6.45) is 0.557. The van der Waals surface area contributed by atoms with Gasteiger partial charge in [0.05, 0.1) is 6.04 Å². The number of nitrogens with one attached hydrogen (secondary N) is 1. The Morgan fingerprint density at radius 2 is 2.36 bits per heavy atom. The highest BCUT2D eigenvalue weighted by Gasteiger charge is 2.10. The van der Waals surface area contributed by atoms with E-state index >= 15 is 0 Å². The molecule has 0 aliphatic carbocycles. The Hall–Kier alpha value is -1.42. The van der Waals surface area contributed by atoms with Crippen molar-refractivity contribution in [2.45, 2.75) is 19.4 Å². The van der Waals surface area contributed by atoms with E-state index in [-0.39, 0.29) is 11.7 Å². The highest BCUT2D eigenvalue weighted by molar-refractivity contribution is 5.94. The minimum atomic E-state index is -0.543. The number of amides is 1. The van der Waals surface area contributed by atoms with Crippen LogP contribution in [0.1, 0.15) is 13.3 Å². The summed E-state index contributed by atoms with van der Waals surface area (Å²) in [6, 6.07) is 5.17. The molecule has 0 heterocycles. The number of hydrogen-bond donors (Lipinski definition) is 2. The predicted molar refractivity (Wildman–Crippen MR) is 53.3 cm³/mol. The van der Waals surface area contributed by atoms with Crippen molar-refractivity contribution >= 4 is 11.6 Å². The number of anilines is 1. The van der Waals surface area contributed by atoms with E-state index in [9.17, 15) is 9.18 Å². The number of halogens is 1. The van der Waals surface area contributed by atoms with E-state index in [2.05, 4.69) is 5.32 Å². The highest BCUT2D eigenvalue weighted by Crippen LogP contribution is 2.09. The first-order chi connectivity index (χ1) is 6.63. The number of carbonyl (C=O) groups is 1. The molecule has 0 radical (unpaired) electrons. The lowest BCUT2D eigenvalue weighted by atomic mass is 10.2. The summed E-state index contributed by atoms with van der Waals surface area (Å²) in [5.74, 6) is -0.675. The molecule has 14 heavy (non-hydrogen) atoms. The molecule has 0 aliphatic rings. The Balaban J connectivity index is 2.65. The Morgan fingerprint density at radius 3 is 2.93 bits per heavy atom. The molecule has 3 nitrogen and oxygen atoms in total. The standard InChI is InChI=1S/C10H13FN2O/c1-2-9(12)10(14)13-8-5-3-4-7(11)6-8/h3-6,9H,2,12H2,1H3,(H,13,14)/t9-/m1/s1. The van der Waals surface area contributed by atoms with Gasteiger partial charge in [0.25, 0.3) is 0 Å². The first-order valence-electron chi connectivity index (χ1n) is 4.45. The van der Waals surface area contributed by atoms with E-state index in [0.29, 0.717) is 12.1 Å². The van der Waals surface area contributed by atoms with Crippen molar-refractivity contribution in [1.82, 2.24) is 0 Å². The molecule has 0 fully saturated rings. The average Bonchev–Trinajstić information content (AvgIpc) is 2.16. The maximum Gasteiger partial charge on any atom is 0.241 e. The van der Waals surface area contributed by atoms with Crippen molar-refractivity contribution in [3.8, 4) is 0 Å². The van der Waals surface area contributed by atoms with Crippen molar-refractivity contribution in [3.63, 3.8) is 0 Å². The minimum absolute atomic E-state index is 0.293. The second-order valence-corrected chi connectivity index (χ2v) is 3.01. The van der Waals surface area contributed by atoms with Crippen molar-refractivity contribution in [2.24, 2.45) is 5.73 Å². The first kappa shape index (κ1) is 10.7. The monoisotopic (exact) mass is 196 g/mol. The molecule has 1 aromatic rings. The van der Waals surface area contributed by atoms with Crippen molar-refractivity contribution in [2.75, 3.05) is 5.32 Å². The second-order valence-electron chi connectivity index (χ2n) is 3.01. The summed E-state index contributed by atoms with van der Waals surface area (Å²) >= 11 is 0. The summed E-state index contributed by atoms with van der Waals surface area (Å²) < 4.78 is 12.7. The van der Waals surface area contributed by atoms with Gasteiger partial charge in [0.1, 0.15) is 5.82 Å². The molecule has 0 aromatic heterocycles. The summed E-state index contributed by atoms with van der Waals surface area (Å²) in [5, 5.41) is 2.53. The fourth-order valence-corrected chi connectivity index (χ4v) is 0.987. The number of rotatable bonds is 3. The van der Waals surface area contributed by atoms with Gasteiger partial charge < -0.3 is 11.1 Å². The van der Waals surface area contributed by atoms with E-state index in [0.717, 1.165) is 0 Å². The Labute approximate surface area is 82.1 Å². The third-order valence-corrected chi connectivity index (χ3v) is 1.87. The van der Waals surface area contributed by atoms with Crippen LogP contribution in [0.25, 0.3) is 0 Å². The normalized spacial score (nSPS) is 12.2. The fraction of sp³-hybridized carbons (Fsp3) is 0.300. The lowest BCUT2D eigenvalue weighted by Gasteiger charge is -2.09. The van der Waals surface area contributed by atoms with Gasteiger partial charge in [0.15, 0.2) is 0 Å². The van der Waals surface area contributed by atoms with Crippen LogP contribution < -0.4 is 11.1 Å².